The Morgan fingerprint density at radius 2 is 1.79 bits per heavy atom. The van der Waals surface area contributed by atoms with Crippen molar-refractivity contribution in [3.8, 4) is 11.5 Å². The van der Waals surface area contributed by atoms with E-state index in [1.54, 1.807) is 20.5 Å². The molecule has 0 fully saturated rings. The largest absolute Gasteiger partial charge is 0.493 e. The Labute approximate surface area is 201 Å². The molecule has 1 aromatic heterocycles. The van der Waals surface area contributed by atoms with E-state index in [1.807, 2.05) is 30.9 Å². The molecular formula is C27H34N4O3. The second kappa shape index (κ2) is 10.3. The number of hydrogen-bond acceptors (Lipinski definition) is 5. The predicted octanol–water partition coefficient (Wildman–Crippen LogP) is 4.37. The number of rotatable bonds is 8. The lowest BCUT2D eigenvalue weighted by atomic mass is 9.87. The number of methoxy groups -OCH3 is 2. The number of imidazole rings is 1. The molecule has 0 radical (unpaired) electrons. The number of carbonyl (C=O) groups is 1. The minimum absolute atomic E-state index is 0.0114. The summed E-state index contributed by atoms with van der Waals surface area (Å²) in [4.78, 5) is 24.8. The number of hydrogen-bond donors (Lipinski definition) is 1. The molecular weight excluding hydrogens is 428 g/mol. The van der Waals surface area contributed by atoms with Gasteiger partial charge in [0.15, 0.2) is 11.5 Å². The second-order valence-electron chi connectivity index (χ2n) is 8.60. The lowest BCUT2D eigenvalue weighted by molar-refractivity contribution is 0.0773. The van der Waals surface area contributed by atoms with E-state index in [-0.39, 0.29) is 11.9 Å². The van der Waals surface area contributed by atoms with Crippen LogP contribution in [0.2, 0.25) is 0 Å². The first kappa shape index (κ1) is 23.8. The van der Waals surface area contributed by atoms with Crippen molar-refractivity contribution in [3.63, 3.8) is 0 Å². The van der Waals surface area contributed by atoms with Crippen LogP contribution in [0.1, 0.15) is 58.3 Å². The van der Waals surface area contributed by atoms with Crippen LogP contribution >= 0.6 is 0 Å². The molecule has 0 spiro atoms. The fraction of sp³-hybridized carbons (Fsp3) is 0.407. The fourth-order valence-corrected chi connectivity index (χ4v) is 4.80. The average Bonchev–Trinajstić information content (AvgIpc) is 3.27. The van der Waals surface area contributed by atoms with Gasteiger partial charge in [0.05, 0.1) is 32.3 Å². The third-order valence-electron chi connectivity index (χ3n) is 6.78. The van der Waals surface area contributed by atoms with E-state index in [2.05, 4.69) is 46.1 Å². The Hall–Kier alpha value is -3.32. The van der Waals surface area contributed by atoms with Crippen molar-refractivity contribution in [2.24, 2.45) is 0 Å². The van der Waals surface area contributed by atoms with Crippen LogP contribution in [0.25, 0.3) is 0 Å². The van der Waals surface area contributed by atoms with E-state index in [0.29, 0.717) is 18.7 Å². The molecule has 0 saturated heterocycles. The minimum Gasteiger partial charge on any atom is -0.493 e. The number of aromatic nitrogens is 2. The van der Waals surface area contributed by atoms with Gasteiger partial charge in [0.2, 0.25) is 0 Å². The van der Waals surface area contributed by atoms with Crippen LogP contribution in [-0.2, 0) is 13.0 Å². The van der Waals surface area contributed by atoms with Gasteiger partial charge in [-0.2, -0.15) is 0 Å². The summed E-state index contributed by atoms with van der Waals surface area (Å²) in [5.41, 5.74) is 6.42. The summed E-state index contributed by atoms with van der Waals surface area (Å²) in [6.07, 6.45) is 2.66. The maximum absolute atomic E-state index is 12.8. The Balaban J connectivity index is 1.75. The van der Waals surface area contributed by atoms with Crippen LogP contribution in [-0.4, -0.2) is 59.5 Å². The molecule has 1 atom stereocenters. The van der Waals surface area contributed by atoms with Gasteiger partial charge in [-0.3, -0.25) is 9.69 Å². The highest BCUT2D eigenvalue weighted by atomic mass is 16.5. The van der Waals surface area contributed by atoms with E-state index in [0.717, 1.165) is 48.0 Å². The van der Waals surface area contributed by atoms with Crippen LogP contribution in [0.15, 0.2) is 42.7 Å². The highest BCUT2D eigenvalue weighted by Gasteiger charge is 2.31. The second-order valence-corrected chi connectivity index (χ2v) is 8.60. The molecule has 7 heteroatoms. The van der Waals surface area contributed by atoms with Crippen molar-refractivity contribution in [1.82, 2.24) is 19.8 Å². The third kappa shape index (κ3) is 4.53. The first-order valence-electron chi connectivity index (χ1n) is 11.9. The molecule has 2 aromatic carbocycles. The Bertz CT molecular complexity index is 1140. The van der Waals surface area contributed by atoms with Gasteiger partial charge >= 0.3 is 0 Å². The highest BCUT2D eigenvalue weighted by Crippen LogP contribution is 2.41. The standard InChI is InChI=1S/C27H34N4O3/c1-6-30(7-2)27(32)20-10-8-19(9-11-20)26-22-15-25(34-5)24(33-4)14-21(22)12-13-31(26)16-23-18(3)28-17-29-23/h8-11,14-15,17,26H,6-7,12-13,16H2,1-5H3,(H,28,29). The summed E-state index contributed by atoms with van der Waals surface area (Å²) in [6.45, 7) is 9.08. The Morgan fingerprint density at radius 3 is 2.38 bits per heavy atom. The van der Waals surface area contributed by atoms with Crippen molar-refractivity contribution in [2.45, 2.75) is 39.8 Å². The van der Waals surface area contributed by atoms with Crippen molar-refractivity contribution < 1.29 is 14.3 Å². The lowest BCUT2D eigenvalue weighted by Crippen LogP contribution is -2.36. The van der Waals surface area contributed by atoms with Gasteiger partial charge in [-0.1, -0.05) is 12.1 Å². The Kier molecular flexibility index (Phi) is 7.22. The summed E-state index contributed by atoms with van der Waals surface area (Å²) in [6, 6.07) is 12.3. The van der Waals surface area contributed by atoms with Crippen molar-refractivity contribution in [1.29, 1.82) is 0 Å². The summed E-state index contributed by atoms with van der Waals surface area (Å²) >= 11 is 0. The van der Waals surface area contributed by atoms with Gasteiger partial charge in [0, 0.05) is 37.4 Å². The molecule has 1 unspecified atom stereocenters. The molecule has 0 aliphatic carbocycles. The molecule has 180 valence electrons. The average molecular weight is 463 g/mol. The van der Waals surface area contributed by atoms with Crippen LogP contribution < -0.4 is 9.47 Å². The monoisotopic (exact) mass is 462 g/mol. The molecule has 4 rings (SSSR count). The van der Waals surface area contributed by atoms with E-state index in [4.69, 9.17) is 9.47 Å². The van der Waals surface area contributed by atoms with Gasteiger partial charge in [-0.15, -0.1) is 0 Å². The number of H-pyrrole nitrogens is 1. The normalized spacial score (nSPS) is 15.6. The Morgan fingerprint density at radius 1 is 1.12 bits per heavy atom. The molecule has 7 nitrogen and oxygen atoms in total. The van der Waals surface area contributed by atoms with Crippen LogP contribution in [0, 0.1) is 6.92 Å². The van der Waals surface area contributed by atoms with E-state index < -0.39 is 0 Å². The molecule has 2 heterocycles. The maximum atomic E-state index is 12.8. The topological polar surface area (TPSA) is 70.7 Å². The van der Waals surface area contributed by atoms with Crippen molar-refractivity contribution >= 4 is 5.91 Å². The highest BCUT2D eigenvalue weighted by molar-refractivity contribution is 5.94. The number of fused-ring (bicyclic) bond motifs is 1. The summed E-state index contributed by atoms with van der Waals surface area (Å²) in [5, 5.41) is 0. The smallest absolute Gasteiger partial charge is 0.253 e. The SMILES string of the molecule is CCN(CC)C(=O)c1ccc(C2c3cc(OC)c(OC)cc3CCN2Cc2nc[nH]c2C)cc1. The number of nitrogens with zero attached hydrogens (tertiary/aromatic N) is 3. The third-order valence-corrected chi connectivity index (χ3v) is 6.78. The zero-order chi connectivity index (χ0) is 24.2. The number of aryl methyl sites for hydroxylation is 1. The van der Waals surface area contributed by atoms with E-state index >= 15 is 0 Å². The summed E-state index contributed by atoms with van der Waals surface area (Å²) < 4.78 is 11.2. The first-order valence-corrected chi connectivity index (χ1v) is 11.9. The summed E-state index contributed by atoms with van der Waals surface area (Å²) in [5.74, 6) is 1.53. The van der Waals surface area contributed by atoms with E-state index in [9.17, 15) is 4.79 Å². The van der Waals surface area contributed by atoms with Gasteiger partial charge in [-0.05, 0) is 68.1 Å². The molecule has 34 heavy (non-hydrogen) atoms. The van der Waals surface area contributed by atoms with E-state index in [1.165, 1.54) is 11.1 Å². The number of amides is 1. The predicted molar refractivity (Wildman–Crippen MR) is 133 cm³/mol. The molecule has 1 aliphatic rings. The number of benzene rings is 2. The van der Waals surface area contributed by atoms with Crippen molar-refractivity contribution in [2.75, 3.05) is 33.9 Å². The summed E-state index contributed by atoms with van der Waals surface area (Å²) in [7, 11) is 3.34. The molecule has 3 aromatic rings. The van der Waals surface area contributed by atoms with Gasteiger partial charge in [0.25, 0.3) is 5.91 Å². The zero-order valence-electron chi connectivity index (χ0n) is 20.7. The number of nitrogens with one attached hydrogen (secondary N) is 1. The molecule has 0 saturated carbocycles. The quantitative estimate of drug-likeness (QED) is 0.538. The van der Waals surface area contributed by atoms with Gasteiger partial charge in [0.1, 0.15) is 0 Å². The fourth-order valence-electron chi connectivity index (χ4n) is 4.80. The first-order chi connectivity index (χ1) is 16.5. The maximum Gasteiger partial charge on any atom is 0.253 e. The number of aromatic amines is 1. The van der Waals surface area contributed by atoms with Crippen molar-refractivity contribution in [3.05, 3.63) is 76.4 Å². The van der Waals surface area contributed by atoms with Crippen LogP contribution in [0.3, 0.4) is 0 Å². The van der Waals surface area contributed by atoms with Gasteiger partial charge < -0.3 is 19.4 Å². The van der Waals surface area contributed by atoms with Crippen LogP contribution in [0.5, 0.6) is 11.5 Å². The minimum atomic E-state index is 0.0114. The van der Waals surface area contributed by atoms with Crippen LogP contribution in [0.4, 0.5) is 0 Å². The molecule has 1 amide bonds. The van der Waals surface area contributed by atoms with Gasteiger partial charge in [-0.25, -0.2) is 4.98 Å². The number of carbonyl (C=O) groups excluding carboxylic acids is 1. The molecule has 1 aliphatic heterocycles. The molecule has 1 N–H and O–H groups in total. The molecule has 0 bridgehead atoms. The zero-order valence-corrected chi connectivity index (χ0v) is 20.7. The number of ether oxygens (including phenoxy) is 2. The lowest BCUT2D eigenvalue weighted by Gasteiger charge is -2.38.